The molecule has 212 valence electrons. The molecule has 5 rings (SSSR count). The summed E-state index contributed by atoms with van der Waals surface area (Å²) in [6.45, 7) is 4.26. The van der Waals surface area contributed by atoms with E-state index in [1.54, 1.807) is 25.3 Å². The summed E-state index contributed by atoms with van der Waals surface area (Å²) in [7, 11) is -3.88. The molecule has 1 saturated heterocycles. The van der Waals surface area contributed by atoms with E-state index in [0.29, 0.717) is 23.9 Å². The number of ether oxygens (including phenoxy) is 1. The molecule has 0 saturated carbocycles. The highest BCUT2D eigenvalue weighted by Gasteiger charge is 2.27. The fraction of sp³-hybridized carbons (Fsp3) is 0.233. The van der Waals surface area contributed by atoms with Gasteiger partial charge in [0.05, 0.1) is 10.6 Å². The predicted molar refractivity (Wildman–Crippen MR) is 155 cm³/mol. The molecule has 4 aromatic rings. The van der Waals surface area contributed by atoms with Gasteiger partial charge in [0.1, 0.15) is 18.7 Å². The Morgan fingerprint density at radius 2 is 1.68 bits per heavy atom. The summed E-state index contributed by atoms with van der Waals surface area (Å²) in [5.41, 5.74) is 3.48. The van der Waals surface area contributed by atoms with Gasteiger partial charge in [0.15, 0.2) is 0 Å². The van der Waals surface area contributed by atoms with Crippen LogP contribution in [0.4, 0.5) is 10.5 Å². The average Bonchev–Trinajstić information content (AvgIpc) is 3.46. The fourth-order valence-corrected chi connectivity index (χ4v) is 5.45. The van der Waals surface area contributed by atoms with E-state index >= 15 is 0 Å². The zero-order valence-corrected chi connectivity index (χ0v) is 23.4. The highest BCUT2D eigenvalue weighted by Crippen LogP contribution is 2.24. The zero-order chi connectivity index (χ0) is 28.8. The van der Waals surface area contributed by atoms with E-state index in [2.05, 4.69) is 27.3 Å². The van der Waals surface area contributed by atoms with Crippen molar-refractivity contribution in [3.8, 4) is 17.0 Å². The van der Waals surface area contributed by atoms with E-state index in [0.717, 1.165) is 24.2 Å². The number of rotatable bonds is 10. The van der Waals surface area contributed by atoms with Crippen LogP contribution in [0.15, 0.2) is 96.3 Å². The lowest BCUT2D eigenvalue weighted by Gasteiger charge is -2.41. The van der Waals surface area contributed by atoms with Crippen molar-refractivity contribution in [3.63, 3.8) is 0 Å². The largest absolute Gasteiger partial charge is 0.489 e. The predicted octanol–water partition coefficient (Wildman–Crippen LogP) is 4.04. The van der Waals surface area contributed by atoms with Gasteiger partial charge in [-0.2, -0.15) is 0 Å². The molecule has 3 aromatic carbocycles. The van der Waals surface area contributed by atoms with E-state index in [9.17, 15) is 18.0 Å². The number of sulfonamides is 1. The van der Waals surface area contributed by atoms with Crippen LogP contribution in [-0.2, 0) is 21.4 Å². The smallest absolute Gasteiger partial charge is 0.326 e. The first-order valence-corrected chi connectivity index (χ1v) is 14.8. The Bertz CT molecular complexity index is 1600. The van der Waals surface area contributed by atoms with Crippen molar-refractivity contribution in [1.29, 1.82) is 0 Å². The molecule has 0 unspecified atom stereocenters. The number of para-hydroxylation sites is 1. The van der Waals surface area contributed by atoms with Crippen LogP contribution in [0.1, 0.15) is 18.9 Å². The third-order valence-corrected chi connectivity index (χ3v) is 8.19. The summed E-state index contributed by atoms with van der Waals surface area (Å²) in [6, 6.07) is 23.5. The van der Waals surface area contributed by atoms with Crippen molar-refractivity contribution in [2.75, 3.05) is 24.5 Å². The number of benzene rings is 3. The van der Waals surface area contributed by atoms with Gasteiger partial charge < -0.3 is 15.0 Å². The number of amides is 2. The minimum Gasteiger partial charge on any atom is -0.489 e. The van der Waals surface area contributed by atoms with Crippen LogP contribution < -0.4 is 19.7 Å². The minimum atomic E-state index is -3.88. The third-order valence-electron chi connectivity index (χ3n) is 6.80. The topological polar surface area (TPSA) is 123 Å². The molecule has 0 aliphatic carbocycles. The van der Waals surface area contributed by atoms with E-state index in [4.69, 9.17) is 4.74 Å². The van der Waals surface area contributed by atoms with Crippen LogP contribution in [0.25, 0.3) is 11.3 Å². The maximum atomic E-state index is 12.6. The molecule has 0 atom stereocenters. The lowest BCUT2D eigenvalue weighted by molar-refractivity contribution is -0.119. The second-order valence-electron chi connectivity index (χ2n) is 9.80. The van der Waals surface area contributed by atoms with E-state index in [1.165, 1.54) is 28.7 Å². The maximum Gasteiger partial charge on any atom is 0.326 e. The normalized spacial score (nSPS) is 13.3. The van der Waals surface area contributed by atoms with Gasteiger partial charge >= 0.3 is 6.03 Å². The highest BCUT2D eigenvalue weighted by atomic mass is 32.2. The second kappa shape index (κ2) is 12.3. The molecule has 41 heavy (non-hydrogen) atoms. The van der Waals surface area contributed by atoms with Gasteiger partial charge in [0, 0.05) is 49.4 Å². The Morgan fingerprint density at radius 3 is 2.37 bits per heavy atom. The average molecular weight is 574 g/mol. The molecule has 0 bridgehead atoms. The van der Waals surface area contributed by atoms with Crippen molar-refractivity contribution >= 4 is 27.6 Å². The minimum absolute atomic E-state index is 0.0123. The molecule has 1 fully saturated rings. The fourth-order valence-electron chi connectivity index (χ4n) is 4.39. The van der Waals surface area contributed by atoms with Crippen molar-refractivity contribution in [2.24, 2.45) is 5.92 Å². The molecule has 2 amide bonds. The standard InChI is InChI=1S/C30H31N5O5S/c1-2-29(36)33-41(38,39)27-14-8-22(9-15-27)20-40-26-12-10-24(11-13-26)28-19-35(21-32-28)30(37)31-16-23-17-34(18-23)25-6-4-3-5-7-25/h3-15,19,21,23H,2,16-18,20H2,1H3,(H,31,37)(H,33,36). The summed E-state index contributed by atoms with van der Waals surface area (Å²) in [5, 5.41) is 2.99. The van der Waals surface area contributed by atoms with Gasteiger partial charge in [-0.15, -0.1) is 0 Å². The molecule has 2 heterocycles. The molecule has 1 aliphatic heterocycles. The Labute approximate surface area is 239 Å². The molecular weight excluding hydrogens is 542 g/mol. The number of carbonyl (C=O) groups excluding carboxylic acids is 2. The van der Waals surface area contributed by atoms with Gasteiger partial charge in [-0.25, -0.2) is 22.9 Å². The van der Waals surface area contributed by atoms with Crippen molar-refractivity contribution in [1.82, 2.24) is 19.6 Å². The first kappa shape index (κ1) is 27.9. The van der Waals surface area contributed by atoms with Crippen molar-refractivity contribution < 1.29 is 22.7 Å². The lowest BCUT2D eigenvalue weighted by Crippen LogP contribution is -2.51. The Hall–Kier alpha value is -4.64. The summed E-state index contributed by atoms with van der Waals surface area (Å²) in [5.74, 6) is 0.479. The number of imidazole rings is 1. The number of hydrogen-bond acceptors (Lipinski definition) is 7. The quantitative estimate of drug-likeness (QED) is 0.294. The molecule has 0 radical (unpaired) electrons. The monoisotopic (exact) mass is 573 g/mol. The van der Waals surface area contributed by atoms with Crippen LogP contribution in [0.5, 0.6) is 5.75 Å². The van der Waals surface area contributed by atoms with Gasteiger partial charge in [-0.3, -0.25) is 9.36 Å². The molecular formula is C30H31N5O5S. The number of nitrogens with one attached hydrogen (secondary N) is 2. The van der Waals surface area contributed by atoms with Crippen molar-refractivity contribution in [3.05, 3.63) is 97.0 Å². The van der Waals surface area contributed by atoms with E-state index < -0.39 is 15.9 Å². The Kier molecular flexibility index (Phi) is 8.34. The Balaban J connectivity index is 1.09. The zero-order valence-electron chi connectivity index (χ0n) is 22.6. The van der Waals surface area contributed by atoms with Crippen molar-refractivity contribution in [2.45, 2.75) is 24.8 Å². The van der Waals surface area contributed by atoms with E-state index in [1.807, 2.05) is 47.2 Å². The first-order chi connectivity index (χ1) is 19.8. The summed E-state index contributed by atoms with van der Waals surface area (Å²) in [6.07, 6.45) is 3.28. The maximum absolute atomic E-state index is 12.6. The lowest BCUT2D eigenvalue weighted by atomic mass is 9.99. The van der Waals surface area contributed by atoms with Gasteiger partial charge in [0.2, 0.25) is 5.91 Å². The van der Waals surface area contributed by atoms with Crippen LogP contribution >= 0.6 is 0 Å². The summed E-state index contributed by atoms with van der Waals surface area (Å²) >= 11 is 0. The molecule has 10 nitrogen and oxygen atoms in total. The van der Waals surface area contributed by atoms with Crippen LogP contribution in [0.2, 0.25) is 0 Å². The molecule has 2 N–H and O–H groups in total. The number of nitrogens with zero attached hydrogens (tertiary/aromatic N) is 3. The number of aromatic nitrogens is 2. The molecule has 0 spiro atoms. The summed E-state index contributed by atoms with van der Waals surface area (Å²) < 4.78 is 33.7. The Morgan fingerprint density at radius 1 is 0.976 bits per heavy atom. The van der Waals surface area contributed by atoms with Crippen LogP contribution in [0.3, 0.4) is 0 Å². The van der Waals surface area contributed by atoms with Gasteiger partial charge in [0.25, 0.3) is 10.0 Å². The van der Waals surface area contributed by atoms with Crippen LogP contribution in [-0.4, -0.2) is 49.5 Å². The summed E-state index contributed by atoms with van der Waals surface area (Å²) in [4.78, 5) is 30.7. The number of anilines is 1. The van der Waals surface area contributed by atoms with Crippen LogP contribution in [0, 0.1) is 5.92 Å². The molecule has 1 aliphatic rings. The molecule has 11 heteroatoms. The highest BCUT2D eigenvalue weighted by molar-refractivity contribution is 7.90. The molecule has 1 aromatic heterocycles. The third kappa shape index (κ3) is 6.93. The SMILES string of the molecule is CCC(=O)NS(=O)(=O)c1ccc(COc2ccc(-c3cn(C(=O)NCC4CN(c5ccccc5)C4)cn3)cc2)cc1. The first-order valence-electron chi connectivity index (χ1n) is 13.3. The second-order valence-corrected chi connectivity index (χ2v) is 11.5. The number of carbonyl (C=O) groups is 2. The number of hydrogen-bond donors (Lipinski definition) is 2. The van der Waals surface area contributed by atoms with Gasteiger partial charge in [-0.05, 0) is 54.1 Å². The van der Waals surface area contributed by atoms with E-state index in [-0.39, 0.29) is 24.0 Å². The van der Waals surface area contributed by atoms with Gasteiger partial charge in [-0.1, -0.05) is 37.3 Å².